The molecule has 1 atom stereocenters. The molecule has 2 aromatic carbocycles. The molecule has 1 fully saturated rings. The summed E-state index contributed by atoms with van der Waals surface area (Å²) in [5.74, 6) is -0.181. The van der Waals surface area contributed by atoms with Gasteiger partial charge in [-0.05, 0) is 81.7 Å². The van der Waals surface area contributed by atoms with E-state index < -0.39 is 10.0 Å². The van der Waals surface area contributed by atoms with Gasteiger partial charge in [-0.15, -0.1) is 12.4 Å². The molecule has 0 bridgehead atoms. The standard InChI is InChI=1S/C27H36N4O3S2.ClH/c1-5-20-10-15-24-25(19-20)35-27(28-24)30(18-17-29(3)4)26(32)21-11-13-23(14-12-21)36(33,34)31-16-8-7-9-22(31)6-2;/h10-15,19,22H,5-9,16-18H2,1-4H3;1H. The van der Waals surface area contributed by atoms with Crippen LogP contribution in [-0.4, -0.2) is 68.3 Å². The van der Waals surface area contributed by atoms with Crippen molar-refractivity contribution in [1.29, 1.82) is 0 Å². The van der Waals surface area contributed by atoms with Crippen LogP contribution in [0.25, 0.3) is 10.2 Å². The van der Waals surface area contributed by atoms with E-state index in [0.29, 0.717) is 30.3 Å². The number of amides is 1. The summed E-state index contributed by atoms with van der Waals surface area (Å²) in [5.41, 5.74) is 2.56. The molecule has 3 aromatic rings. The summed E-state index contributed by atoms with van der Waals surface area (Å²) in [6.45, 7) is 5.87. The third-order valence-electron chi connectivity index (χ3n) is 6.85. The average molecular weight is 565 g/mol. The fraction of sp³-hybridized carbons (Fsp3) is 0.481. The molecule has 7 nitrogen and oxygen atoms in total. The first-order valence-electron chi connectivity index (χ1n) is 12.7. The Hall–Kier alpha value is -2.04. The number of carbonyl (C=O) groups excluding carboxylic acids is 1. The van der Waals surface area contributed by atoms with Gasteiger partial charge in [-0.1, -0.05) is 37.7 Å². The van der Waals surface area contributed by atoms with Gasteiger partial charge in [0.25, 0.3) is 5.91 Å². The Labute approximate surface area is 230 Å². The van der Waals surface area contributed by atoms with Gasteiger partial charge in [-0.25, -0.2) is 13.4 Å². The molecule has 0 N–H and O–H groups in total. The first kappa shape index (κ1) is 29.5. The second-order valence-electron chi connectivity index (χ2n) is 9.61. The topological polar surface area (TPSA) is 73.8 Å². The molecule has 0 spiro atoms. The Balaban J connectivity index is 0.00000380. The maximum absolute atomic E-state index is 13.6. The van der Waals surface area contributed by atoms with E-state index in [4.69, 9.17) is 4.98 Å². The highest BCUT2D eigenvalue weighted by molar-refractivity contribution is 7.89. The number of likely N-dealkylation sites (N-methyl/N-ethyl adjacent to an activating group) is 1. The van der Waals surface area contributed by atoms with E-state index in [1.165, 1.54) is 16.9 Å². The highest BCUT2D eigenvalue weighted by atomic mass is 35.5. The van der Waals surface area contributed by atoms with E-state index in [1.807, 2.05) is 32.0 Å². The first-order valence-corrected chi connectivity index (χ1v) is 15.0. The summed E-state index contributed by atoms with van der Waals surface area (Å²) in [6.07, 6.45) is 4.59. The van der Waals surface area contributed by atoms with Crippen molar-refractivity contribution in [2.24, 2.45) is 0 Å². The van der Waals surface area contributed by atoms with Crippen molar-refractivity contribution in [1.82, 2.24) is 14.2 Å². The number of rotatable bonds is 9. The number of halogens is 1. The average Bonchev–Trinajstić information content (AvgIpc) is 3.31. The van der Waals surface area contributed by atoms with Gasteiger partial charge < -0.3 is 4.90 Å². The molecule has 4 rings (SSSR count). The van der Waals surface area contributed by atoms with E-state index in [0.717, 1.165) is 42.3 Å². The van der Waals surface area contributed by atoms with Crippen LogP contribution >= 0.6 is 23.7 Å². The Kier molecular flexibility index (Phi) is 10.1. The van der Waals surface area contributed by atoms with E-state index in [2.05, 4.69) is 19.1 Å². The van der Waals surface area contributed by atoms with Gasteiger partial charge >= 0.3 is 0 Å². The number of sulfonamides is 1. The Morgan fingerprint density at radius 2 is 1.81 bits per heavy atom. The van der Waals surface area contributed by atoms with E-state index >= 15 is 0 Å². The number of hydrogen-bond donors (Lipinski definition) is 0. The second-order valence-corrected chi connectivity index (χ2v) is 12.5. The molecule has 1 aliphatic heterocycles. The third kappa shape index (κ3) is 6.52. The molecule has 202 valence electrons. The molecule has 1 saturated heterocycles. The van der Waals surface area contributed by atoms with Gasteiger partial charge in [0.2, 0.25) is 10.0 Å². The van der Waals surface area contributed by atoms with Crippen LogP contribution in [0.5, 0.6) is 0 Å². The minimum atomic E-state index is -3.59. The Bertz CT molecular complexity index is 1310. The zero-order chi connectivity index (χ0) is 25.9. The number of benzene rings is 2. The number of fused-ring (bicyclic) bond motifs is 1. The largest absolute Gasteiger partial charge is 0.308 e. The van der Waals surface area contributed by atoms with Crippen LogP contribution in [-0.2, 0) is 16.4 Å². The van der Waals surface area contributed by atoms with Crippen molar-refractivity contribution in [2.75, 3.05) is 38.6 Å². The predicted octanol–water partition coefficient (Wildman–Crippen LogP) is 5.44. The van der Waals surface area contributed by atoms with E-state index in [9.17, 15) is 13.2 Å². The molecule has 0 saturated carbocycles. The molecule has 0 aliphatic carbocycles. The van der Waals surface area contributed by atoms with Crippen LogP contribution in [0.2, 0.25) is 0 Å². The van der Waals surface area contributed by atoms with Gasteiger partial charge in [0.15, 0.2) is 5.13 Å². The molecule has 10 heteroatoms. The van der Waals surface area contributed by atoms with Crippen molar-refractivity contribution >= 4 is 55.0 Å². The summed E-state index contributed by atoms with van der Waals surface area (Å²) in [4.78, 5) is 22.4. The SMILES string of the molecule is CCc1ccc2nc(N(CCN(C)C)C(=O)c3ccc(S(=O)(=O)N4CCCCC4CC)cc3)sc2c1.Cl. The van der Waals surface area contributed by atoms with Gasteiger partial charge in [0.05, 0.1) is 15.1 Å². The highest BCUT2D eigenvalue weighted by Crippen LogP contribution is 2.31. The minimum Gasteiger partial charge on any atom is -0.308 e. The van der Waals surface area contributed by atoms with Crippen molar-refractivity contribution in [3.63, 3.8) is 0 Å². The number of aromatic nitrogens is 1. The van der Waals surface area contributed by atoms with Crippen LogP contribution in [0.1, 0.15) is 55.5 Å². The van der Waals surface area contributed by atoms with Crippen LogP contribution in [0.15, 0.2) is 47.4 Å². The molecule has 1 aliphatic rings. The molecule has 37 heavy (non-hydrogen) atoms. The molecule has 2 heterocycles. The number of nitrogens with zero attached hydrogens (tertiary/aromatic N) is 4. The smallest absolute Gasteiger partial charge is 0.260 e. The number of aryl methyl sites for hydroxylation is 1. The van der Waals surface area contributed by atoms with Crippen LogP contribution in [0.4, 0.5) is 5.13 Å². The zero-order valence-corrected chi connectivity index (χ0v) is 24.5. The number of piperidine rings is 1. The predicted molar refractivity (Wildman–Crippen MR) is 155 cm³/mol. The quantitative estimate of drug-likeness (QED) is 0.346. The third-order valence-corrected chi connectivity index (χ3v) is 9.86. The lowest BCUT2D eigenvalue weighted by Gasteiger charge is -2.34. The number of thiazole rings is 1. The lowest BCUT2D eigenvalue weighted by molar-refractivity contribution is 0.0985. The van der Waals surface area contributed by atoms with Gasteiger partial charge in [0.1, 0.15) is 0 Å². The van der Waals surface area contributed by atoms with Crippen LogP contribution < -0.4 is 4.90 Å². The Morgan fingerprint density at radius 3 is 2.46 bits per heavy atom. The van der Waals surface area contributed by atoms with Gasteiger partial charge in [0, 0.05) is 31.2 Å². The monoisotopic (exact) mass is 564 g/mol. The molecular formula is C27H37ClN4O3S2. The van der Waals surface area contributed by atoms with E-state index in [-0.39, 0.29) is 29.3 Å². The second kappa shape index (κ2) is 12.7. The lowest BCUT2D eigenvalue weighted by atomic mass is 10.0. The number of hydrogen-bond acceptors (Lipinski definition) is 6. The summed E-state index contributed by atoms with van der Waals surface area (Å²) in [5, 5.41) is 0.654. The van der Waals surface area contributed by atoms with E-state index in [1.54, 1.807) is 33.5 Å². The van der Waals surface area contributed by atoms with Crippen molar-refractivity contribution in [3.8, 4) is 0 Å². The summed E-state index contributed by atoms with van der Waals surface area (Å²) >= 11 is 1.51. The molecule has 1 aromatic heterocycles. The normalized spacial score (nSPS) is 16.6. The maximum Gasteiger partial charge on any atom is 0.260 e. The lowest BCUT2D eigenvalue weighted by Crippen LogP contribution is -2.43. The van der Waals surface area contributed by atoms with Crippen LogP contribution in [0, 0.1) is 0 Å². The summed E-state index contributed by atoms with van der Waals surface area (Å²) in [6, 6.07) is 12.7. The summed E-state index contributed by atoms with van der Waals surface area (Å²) < 4.78 is 29.4. The Morgan fingerprint density at radius 1 is 1.08 bits per heavy atom. The maximum atomic E-state index is 13.6. The zero-order valence-electron chi connectivity index (χ0n) is 22.0. The first-order chi connectivity index (χ1) is 17.2. The van der Waals surface area contributed by atoms with Crippen molar-refractivity contribution < 1.29 is 13.2 Å². The van der Waals surface area contributed by atoms with Gasteiger partial charge in [-0.2, -0.15) is 4.31 Å². The number of anilines is 1. The highest BCUT2D eigenvalue weighted by Gasteiger charge is 2.32. The molecular weight excluding hydrogens is 528 g/mol. The molecule has 1 amide bonds. The van der Waals surface area contributed by atoms with Crippen molar-refractivity contribution in [3.05, 3.63) is 53.6 Å². The fourth-order valence-electron chi connectivity index (χ4n) is 4.64. The van der Waals surface area contributed by atoms with Gasteiger partial charge in [-0.3, -0.25) is 9.69 Å². The molecule has 1 unspecified atom stereocenters. The minimum absolute atomic E-state index is 0. The number of carbonyl (C=O) groups is 1. The van der Waals surface area contributed by atoms with Crippen molar-refractivity contribution in [2.45, 2.75) is 56.9 Å². The summed E-state index contributed by atoms with van der Waals surface area (Å²) in [7, 11) is 0.349. The fourth-order valence-corrected chi connectivity index (χ4v) is 7.46. The molecule has 0 radical (unpaired) electrons. The van der Waals surface area contributed by atoms with Crippen LogP contribution in [0.3, 0.4) is 0 Å².